The number of methoxy groups -OCH3 is 1. The Bertz CT molecular complexity index is 1380. The second kappa shape index (κ2) is 10.3. The number of nitrogens with two attached hydrogens (primary N) is 1. The molecule has 0 unspecified atom stereocenters. The topological polar surface area (TPSA) is 138 Å². The maximum Gasteiger partial charge on any atom is 0.286 e. The summed E-state index contributed by atoms with van der Waals surface area (Å²) in [5.74, 6) is 7.39. The molecule has 11 heteroatoms. The lowest BCUT2D eigenvalue weighted by atomic mass is 10.2. The maximum absolute atomic E-state index is 13.1. The van der Waals surface area contributed by atoms with E-state index in [1.807, 2.05) is 4.57 Å². The van der Waals surface area contributed by atoms with Crippen LogP contribution in [0.25, 0.3) is 16.9 Å². The molecule has 0 atom stereocenters. The Kier molecular flexibility index (Phi) is 7.02. The molecular weight excluding hydrogens is 436 g/mol. The summed E-state index contributed by atoms with van der Waals surface area (Å²) in [7, 11) is 1.59. The van der Waals surface area contributed by atoms with E-state index in [1.54, 1.807) is 31.4 Å². The number of nitrogens with zero attached hydrogens (tertiary/aromatic N) is 6. The van der Waals surface area contributed by atoms with Crippen molar-refractivity contribution >= 4 is 22.8 Å². The van der Waals surface area contributed by atoms with Gasteiger partial charge in [0.15, 0.2) is 5.65 Å². The number of aliphatic imine (C=N–C) groups is 1. The minimum atomic E-state index is -0.229. The number of hydrogen-bond donors (Lipinski definition) is 2. The second-order valence-electron chi connectivity index (χ2n) is 7.85. The fourth-order valence-electron chi connectivity index (χ4n) is 3.78. The van der Waals surface area contributed by atoms with Crippen LogP contribution in [-0.2, 0) is 17.8 Å². The smallest absolute Gasteiger partial charge is 0.286 e. The number of aromatic nitrogens is 6. The molecule has 0 aliphatic rings. The van der Waals surface area contributed by atoms with Crippen LogP contribution in [0.4, 0.5) is 0 Å². The summed E-state index contributed by atoms with van der Waals surface area (Å²) in [4.78, 5) is 29.8. The van der Waals surface area contributed by atoms with Crippen LogP contribution in [0.5, 0.6) is 5.75 Å². The molecule has 0 aliphatic carbocycles. The van der Waals surface area contributed by atoms with Crippen LogP contribution in [0.15, 0.2) is 52.7 Å². The Morgan fingerprint density at radius 2 is 2.03 bits per heavy atom. The Morgan fingerprint density at radius 3 is 2.74 bits per heavy atom. The number of imidazole rings is 1. The first-order chi connectivity index (χ1) is 16.6. The first kappa shape index (κ1) is 23.2. The molecule has 4 rings (SSSR count). The molecule has 0 radical (unpaired) electrons. The average Bonchev–Trinajstić information content (AvgIpc) is 3.52. The van der Waals surface area contributed by atoms with Gasteiger partial charge >= 0.3 is 0 Å². The molecule has 0 saturated heterocycles. The van der Waals surface area contributed by atoms with Crippen molar-refractivity contribution in [3.05, 3.63) is 64.6 Å². The molecule has 0 fully saturated rings. The van der Waals surface area contributed by atoms with Crippen LogP contribution in [-0.4, -0.2) is 42.1 Å². The summed E-state index contributed by atoms with van der Waals surface area (Å²) >= 11 is 0. The maximum atomic E-state index is 13.1. The van der Waals surface area contributed by atoms with Crippen molar-refractivity contribution in [3.8, 4) is 5.75 Å². The second-order valence-corrected chi connectivity index (χ2v) is 7.85. The van der Waals surface area contributed by atoms with Crippen molar-refractivity contribution in [1.29, 1.82) is 0 Å². The predicted octanol–water partition coefficient (Wildman–Crippen LogP) is 2.75. The zero-order valence-corrected chi connectivity index (χ0v) is 19.3. The standard InChI is InChI=1S/C23H28N8O3/c1-4-5-6-13-30-20-19(25-14-26-20)22(32)31-18(28-29-23(30)31)12-7-15(2)27-21(34-24)16-8-10-17(33-3)11-9-16/h8-11,14H,2,4-7,12-13,24H2,1,3H3,(H,25,26). The number of H-pyrrole nitrogens is 1. The number of benzene rings is 1. The summed E-state index contributed by atoms with van der Waals surface area (Å²) in [6, 6.07) is 7.16. The quantitative estimate of drug-likeness (QED) is 0.159. The number of allylic oxidation sites excluding steroid dienone is 1. The van der Waals surface area contributed by atoms with E-state index in [-0.39, 0.29) is 11.5 Å². The van der Waals surface area contributed by atoms with E-state index < -0.39 is 0 Å². The molecule has 34 heavy (non-hydrogen) atoms. The predicted molar refractivity (Wildman–Crippen MR) is 129 cm³/mol. The van der Waals surface area contributed by atoms with Crippen molar-refractivity contribution in [2.75, 3.05) is 7.11 Å². The van der Waals surface area contributed by atoms with Gasteiger partial charge in [-0.15, -0.1) is 10.2 Å². The van der Waals surface area contributed by atoms with Crippen molar-refractivity contribution in [2.45, 2.75) is 45.6 Å². The third-order valence-electron chi connectivity index (χ3n) is 5.58. The lowest BCUT2D eigenvalue weighted by Crippen LogP contribution is -2.21. The van der Waals surface area contributed by atoms with Gasteiger partial charge in [-0.2, -0.15) is 5.90 Å². The van der Waals surface area contributed by atoms with Crippen LogP contribution >= 0.6 is 0 Å². The molecule has 3 heterocycles. The van der Waals surface area contributed by atoms with Crippen LogP contribution in [0.1, 0.15) is 44.0 Å². The summed E-state index contributed by atoms with van der Waals surface area (Å²) in [5.41, 5.74) is 2.01. The van der Waals surface area contributed by atoms with Gasteiger partial charge < -0.3 is 14.6 Å². The largest absolute Gasteiger partial charge is 0.497 e. The molecule has 0 saturated carbocycles. The van der Waals surface area contributed by atoms with Gasteiger partial charge in [0.1, 0.15) is 17.1 Å². The average molecular weight is 465 g/mol. The summed E-state index contributed by atoms with van der Waals surface area (Å²) in [6.45, 7) is 6.85. The van der Waals surface area contributed by atoms with Crippen molar-refractivity contribution in [2.24, 2.45) is 10.9 Å². The van der Waals surface area contributed by atoms with E-state index in [1.165, 1.54) is 10.7 Å². The van der Waals surface area contributed by atoms with Crippen molar-refractivity contribution < 1.29 is 9.57 Å². The lowest BCUT2D eigenvalue weighted by Gasteiger charge is -2.09. The van der Waals surface area contributed by atoms with Gasteiger partial charge in [-0.05, 0) is 37.1 Å². The third-order valence-corrected chi connectivity index (χ3v) is 5.58. The highest BCUT2D eigenvalue weighted by Crippen LogP contribution is 2.16. The highest BCUT2D eigenvalue weighted by molar-refractivity contribution is 5.94. The zero-order chi connectivity index (χ0) is 24.1. The molecule has 0 spiro atoms. The minimum absolute atomic E-state index is 0.229. The highest BCUT2D eigenvalue weighted by Gasteiger charge is 2.18. The minimum Gasteiger partial charge on any atom is -0.497 e. The molecule has 1 aromatic carbocycles. The van der Waals surface area contributed by atoms with E-state index in [4.69, 9.17) is 15.5 Å². The summed E-state index contributed by atoms with van der Waals surface area (Å²) < 4.78 is 8.64. The van der Waals surface area contributed by atoms with Crippen molar-refractivity contribution in [3.63, 3.8) is 0 Å². The molecule has 4 aromatic rings. The van der Waals surface area contributed by atoms with E-state index >= 15 is 0 Å². The van der Waals surface area contributed by atoms with E-state index in [2.05, 4.69) is 38.7 Å². The van der Waals surface area contributed by atoms with Gasteiger partial charge in [0.05, 0.1) is 13.4 Å². The Hall–Kier alpha value is -3.99. The van der Waals surface area contributed by atoms with Gasteiger partial charge in [-0.1, -0.05) is 26.3 Å². The van der Waals surface area contributed by atoms with Gasteiger partial charge in [0, 0.05) is 24.2 Å². The van der Waals surface area contributed by atoms with Gasteiger partial charge in [0.2, 0.25) is 11.7 Å². The molecule has 0 aliphatic heterocycles. The Morgan fingerprint density at radius 1 is 1.24 bits per heavy atom. The first-order valence-corrected chi connectivity index (χ1v) is 11.1. The number of aryl methyl sites for hydroxylation is 2. The van der Waals surface area contributed by atoms with Gasteiger partial charge in [-0.3, -0.25) is 9.36 Å². The first-order valence-electron chi connectivity index (χ1n) is 11.1. The van der Waals surface area contributed by atoms with E-state index in [0.717, 1.165) is 19.3 Å². The van der Waals surface area contributed by atoms with Gasteiger partial charge in [-0.25, -0.2) is 14.4 Å². The number of nitrogens with one attached hydrogen (secondary N) is 1. The number of fused-ring (bicyclic) bond motifs is 2. The Balaban J connectivity index is 1.58. The van der Waals surface area contributed by atoms with Crippen LogP contribution in [0.2, 0.25) is 0 Å². The molecular formula is C23H28N8O3. The van der Waals surface area contributed by atoms with Gasteiger partial charge in [0.25, 0.3) is 5.56 Å². The third kappa shape index (κ3) is 4.55. The van der Waals surface area contributed by atoms with Crippen LogP contribution < -0.4 is 16.2 Å². The molecule has 0 amide bonds. The van der Waals surface area contributed by atoms with Crippen LogP contribution in [0, 0.1) is 0 Å². The normalized spacial score (nSPS) is 11.9. The number of aromatic amines is 1. The highest BCUT2D eigenvalue weighted by atomic mass is 16.6. The molecule has 178 valence electrons. The molecule has 0 bridgehead atoms. The number of ether oxygens (including phenoxy) is 1. The number of unbranched alkanes of at least 4 members (excludes halogenated alkanes) is 2. The fraction of sp³-hybridized carbons (Fsp3) is 0.348. The van der Waals surface area contributed by atoms with Crippen LogP contribution in [0.3, 0.4) is 0 Å². The molecule has 3 N–H and O–H groups in total. The number of rotatable bonds is 10. The fourth-order valence-corrected chi connectivity index (χ4v) is 3.78. The van der Waals surface area contributed by atoms with E-state index in [9.17, 15) is 4.79 Å². The summed E-state index contributed by atoms with van der Waals surface area (Å²) in [6.07, 6.45) is 5.49. The zero-order valence-electron chi connectivity index (χ0n) is 19.3. The van der Waals surface area contributed by atoms with E-state index in [0.29, 0.717) is 59.2 Å². The monoisotopic (exact) mass is 464 g/mol. The molecule has 3 aromatic heterocycles. The molecule has 11 nitrogen and oxygen atoms in total. The van der Waals surface area contributed by atoms with Crippen molar-refractivity contribution in [1.82, 2.24) is 29.1 Å². The lowest BCUT2D eigenvalue weighted by molar-refractivity contribution is 0.321. The SMILES string of the molecule is C=C(CCc1nnc2n(CCCCC)c3nc[nH]c3c(=O)n12)N=C(ON)c1ccc(OC)cc1. The number of hydrogen-bond acceptors (Lipinski definition) is 8. The summed E-state index contributed by atoms with van der Waals surface area (Å²) in [5, 5.41) is 8.59. The Labute approximate surface area is 195 Å².